The third kappa shape index (κ3) is 4.66. The predicted molar refractivity (Wildman–Crippen MR) is 132 cm³/mol. The quantitative estimate of drug-likeness (QED) is 0.560. The zero-order valence-corrected chi connectivity index (χ0v) is 18.9. The third-order valence-electron chi connectivity index (χ3n) is 6.67. The average molecular weight is 459 g/mol. The first-order valence-electron chi connectivity index (χ1n) is 11.7. The molecule has 1 aromatic heterocycles. The van der Waals surface area contributed by atoms with Crippen LogP contribution in [-0.4, -0.2) is 58.0 Å². The van der Waals surface area contributed by atoms with Gasteiger partial charge in [0.05, 0.1) is 11.2 Å². The number of fused-ring (bicyclic) bond motifs is 1. The Morgan fingerprint density at radius 2 is 1.88 bits per heavy atom. The lowest BCUT2D eigenvalue weighted by molar-refractivity contribution is 0.140. The Hall–Kier alpha value is -3.70. The van der Waals surface area contributed by atoms with Gasteiger partial charge in [0, 0.05) is 41.8 Å². The van der Waals surface area contributed by atoms with Crippen molar-refractivity contribution in [2.45, 2.75) is 31.7 Å². The molecule has 2 saturated heterocycles. The summed E-state index contributed by atoms with van der Waals surface area (Å²) in [7, 11) is 0. The van der Waals surface area contributed by atoms with Gasteiger partial charge in [-0.25, -0.2) is 19.2 Å². The molecule has 0 aliphatic carbocycles. The number of hydrogen-bond acceptors (Lipinski definition) is 5. The predicted octanol–water partition coefficient (Wildman–Crippen LogP) is 4.59. The van der Waals surface area contributed by atoms with Gasteiger partial charge in [-0.3, -0.25) is 0 Å². The lowest BCUT2D eigenvalue weighted by atomic mass is 10.0. The molecule has 34 heavy (non-hydrogen) atoms. The molecule has 3 heterocycles. The molecular formula is C26H27FN6O. The van der Waals surface area contributed by atoms with Crippen molar-refractivity contribution in [3.8, 4) is 12.3 Å². The number of rotatable bonds is 4. The number of nitrogens with one attached hydrogen (secondary N) is 2. The molecule has 0 unspecified atom stereocenters. The molecule has 0 spiro atoms. The molecule has 2 aromatic carbocycles. The molecule has 7 nitrogen and oxygen atoms in total. The second-order valence-corrected chi connectivity index (χ2v) is 8.81. The lowest BCUT2D eigenvalue weighted by Gasteiger charge is -2.36. The zero-order chi connectivity index (χ0) is 23.5. The number of terminal acetylenes is 1. The minimum atomic E-state index is -0.535. The highest BCUT2D eigenvalue weighted by Gasteiger charge is 2.28. The number of nitrogens with zero attached hydrogens (tertiary/aromatic N) is 4. The van der Waals surface area contributed by atoms with E-state index in [1.165, 1.54) is 25.2 Å². The molecule has 2 N–H and O–H groups in total. The van der Waals surface area contributed by atoms with Crippen molar-refractivity contribution < 1.29 is 9.18 Å². The number of piperidine rings is 1. The summed E-state index contributed by atoms with van der Waals surface area (Å²) >= 11 is 0. The summed E-state index contributed by atoms with van der Waals surface area (Å²) in [6, 6.07) is 10.5. The highest BCUT2D eigenvalue weighted by molar-refractivity contribution is 5.97. The Morgan fingerprint density at radius 3 is 2.65 bits per heavy atom. The fourth-order valence-corrected chi connectivity index (χ4v) is 4.83. The number of amides is 2. The molecule has 8 heteroatoms. The fourth-order valence-electron chi connectivity index (χ4n) is 4.83. The highest BCUT2D eigenvalue weighted by Crippen LogP contribution is 2.29. The van der Waals surface area contributed by atoms with Crippen LogP contribution in [0.25, 0.3) is 10.9 Å². The topological polar surface area (TPSA) is 73.4 Å². The van der Waals surface area contributed by atoms with E-state index in [0.29, 0.717) is 35.9 Å². The summed E-state index contributed by atoms with van der Waals surface area (Å²) in [5.74, 6) is 2.57. The van der Waals surface area contributed by atoms with E-state index in [4.69, 9.17) is 6.42 Å². The number of aromatic nitrogens is 2. The summed E-state index contributed by atoms with van der Waals surface area (Å²) in [5.41, 5.74) is 2.03. The van der Waals surface area contributed by atoms with Gasteiger partial charge in [0.25, 0.3) is 0 Å². The third-order valence-corrected chi connectivity index (χ3v) is 6.67. The van der Waals surface area contributed by atoms with Crippen LogP contribution in [0.5, 0.6) is 0 Å². The van der Waals surface area contributed by atoms with Gasteiger partial charge in [0.2, 0.25) is 0 Å². The van der Waals surface area contributed by atoms with Gasteiger partial charge < -0.3 is 20.4 Å². The van der Waals surface area contributed by atoms with E-state index in [9.17, 15) is 9.18 Å². The molecule has 2 aliphatic rings. The number of halogens is 1. The van der Waals surface area contributed by atoms with E-state index < -0.39 is 5.82 Å². The number of urea groups is 1. The van der Waals surface area contributed by atoms with E-state index in [1.807, 2.05) is 24.3 Å². The molecule has 2 aliphatic heterocycles. The Labute approximate surface area is 198 Å². The van der Waals surface area contributed by atoms with Crippen molar-refractivity contribution in [1.82, 2.24) is 19.8 Å². The van der Waals surface area contributed by atoms with Crippen LogP contribution in [0.3, 0.4) is 0 Å². The summed E-state index contributed by atoms with van der Waals surface area (Å²) in [6.45, 7) is 3.66. The van der Waals surface area contributed by atoms with Crippen LogP contribution < -0.4 is 10.6 Å². The first-order chi connectivity index (χ1) is 16.6. The Balaban J connectivity index is 1.32. The monoisotopic (exact) mass is 458 g/mol. The van der Waals surface area contributed by atoms with Crippen LogP contribution in [0.2, 0.25) is 0 Å². The lowest BCUT2D eigenvalue weighted by Crippen LogP contribution is -2.47. The van der Waals surface area contributed by atoms with Crippen LogP contribution in [0.4, 0.5) is 26.4 Å². The molecule has 174 valence electrons. The van der Waals surface area contributed by atoms with Gasteiger partial charge in [-0.2, -0.15) is 0 Å². The average Bonchev–Trinajstić information content (AvgIpc) is 3.40. The second-order valence-electron chi connectivity index (χ2n) is 8.81. The maximum absolute atomic E-state index is 14.8. The number of hydrogen-bond donors (Lipinski definition) is 2. The van der Waals surface area contributed by atoms with Gasteiger partial charge in [0.1, 0.15) is 18.0 Å². The van der Waals surface area contributed by atoms with Crippen molar-refractivity contribution >= 4 is 34.1 Å². The smallest absolute Gasteiger partial charge is 0.321 e. The largest absolute Gasteiger partial charge is 0.340 e. The Morgan fingerprint density at radius 1 is 1.09 bits per heavy atom. The molecule has 5 rings (SSSR count). The second kappa shape index (κ2) is 9.65. The maximum Gasteiger partial charge on any atom is 0.321 e. The molecule has 2 fully saturated rings. The standard InChI is InChI=1S/C26H27FN6O/c1-2-18-6-5-7-19(14-18)30-25-21-15-24(22(27)16-23(21)28-17-29-25)31-26(34)33-12-8-20(9-13-33)32-10-3-4-11-32/h1,5-7,14-17,20H,3-4,8-13H2,(H,31,34)(H,28,29,30). The summed E-state index contributed by atoms with van der Waals surface area (Å²) < 4.78 is 14.8. The van der Waals surface area contributed by atoms with Gasteiger partial charge in [-0.15, -0.1) is 6.42 Å². The van der Waals surface area contributed by atoms with E-state index in [-0.39, 0.29) is 11.7 Å². The van der Waals surface area contributed by atoms with Crippen molar-refractivity contribution in [2.24, 2.45) is 0 Å². The number of carbonyl (C=O) groups excluding carboxylic acids is 1. The molecule has 3 aromatic rings. The van der Waals surface area contributed by atoms with Crippen molar-refractivity contribution in [2.75, 3.05) is 36.8 Å². The molecule has 0 radical (unpaired) electrons. The zero-order valence-electron chi connectivity index (χ0n) is 18.9. The van der Waals surface area contributed by atoms with Crippen molar-refractivity contribution in [3.05, 3.63) is 54.1 Å². The molecule has 0 saturated carbocycles. The first kappa shape index (κ1) is 22.1. The molecule has 2 amide bonds. The van der Waals surface area contributed by atoms with E-state index >= 15 is 0 Å². The van der Waals surface area contributed by atoms with Gasteiger partial charge in [-0.1, -0.05) is 12.0 Å². The number of carbonyl (C=O) groups is 1. The Kier molecular flexibility index (Phi) is 6.28. The SMILES string of the molecule is C#Cc1cccc(Nc2ncnc3cc(F)c(NC(=O)N4CCC(N5CCCC5)CC4)cc23)c1. The van der Waals surface area contributed by atoms with Crippen LogP contribution in [0, 0.1) is 18.2 Å². The fraction of sp³-hybridized carbons (Fsp3) is 0.346. The van der Waals surface area contributed by atoms with Crippen molar-refractivity contribution in [1.29, 1.82) is 0 Å². The molecular weight excluding hydrogens is 431 g/mol. The summed E-state index contributed by atoms with van der Waals surface area (Å²) in [4.78, 5) is 25.7. The molecule has 0 bridgehead atoms. The minimum absolute atomic E-state index is 0.106. The highest BCUT2D eigenvalue weighted by atomic mass is 19.1. The maximum atomic E-state index is 14.8. The van der Waals surface area contributed by atoms with Crippen LogP contribution >= 0.6 is 0 Å². The first-order valence-corrected chi connectivity index (χ1v) is 11.7. The van der Waals surface area contributed by atoms with Crippen molar-refractivity contribution in [3.63, 3.8) is 0 Å². The van der Waals surface area contributed by atoms with Crippen LogP contribution in [0.15, 0.2) is 42.7 Å². The van der Waals surface area contributed by atoms with Gasteiger partial charge >= 0.3 is 6.03 Å². The van der Waals surface area contributed by atoms with Gasteiger partial charge in [-0.05, 0) is 63.0 Å². The Bertz CT molecular complexity index is 1240. The van der Waals surface area contributed by atoms with E-state index in [2.05, 4.69) is 31.4 Å². The number of likely N-dealkylation sites (tertiary alicyclic amines) is 2. The summed E-state index contributed by atoms with van der Waals surface area (Å²) in [6.07, 6.45) is 11.3. The van der Waals surface area contributed by atoms with Crippen LogP contribution in [0.1, 0.15) is 31.2 Å². The minimum Gasteiger partial charge on any atom is -0.340 e. The number of anilines is 3. The normalized spacial score (nSPS) is 17.0. The van der Waals surface area contributed by atoms with E-state index in [1.54, 1.807) is 11.0 Å². The van der Waals surface area contributed by atoms with Crippen LogP contribution in [-0.2, 0) is 0 Å². The van der Waals surface area contributed by atoms with E-state index in [0.717, 1.165) is 37.2 Å². The molecule has 0 atom stereocenters. The van der Waals surface area contributed by atoms with Gasteiger partial charge in [0.15, 0.2) is 0 Å². The number of benzene rings is 2. The summed E-state index contributed by atoms with van der Waals surface area (Å²) in [5, 5.41) is 6.57.